The summed E-state index contributed by atoms with van der Waals surface area (Å²) in [5.41, 5.74) is 1.20. The Morgan fingerprint density at radius 3 is 2.25 bits per heavy atom. The van der Waals surface area contributed by atoms with Gasteiger partial charge in [-0.15, -0.1) is 0 Å². The molecule has 0 aliphatic rings. The molecule has 0 aliphatic carbocycles. The predicted octanol–water partition coefficient (Wildman–Crippen LogP) is 2.78. The third-order valence-electron chi connectivity index (χ3n) is 3.12. The summed E-state index contributed by atoms with van der Waals surface area (Å²) in [5, 5.41) is 12.6. The Morgan fingerprint density at radius 1 is 0.950 bits per heavy atom. The number of para-hydroxylation sites is 1. The molecule has 2 rings (SSSR count). The number of aliphatic hydroxyl groups is 1. The van der Waals surface area contributed by atoms with Crippen LogP contribution in [0.4, 0.5) is 0 Å². The highest BCUT2D eigenvalue weighted by atomic mass is 16.5. The van der Waals surface area contributed by atoms with Gasteiger partial charge in [-0.2, -0.15) is 0 Å². The van der Waals surface area contributed by atoms with Crippen LogP contribution >= 0.6 is 0 Å². The van der Waals surface area contributed by atoms with Gasteiger partial charge < -0.3 is 15.2 Å². The molecule has 20 heavy (non-hydrogen) atoms. The summed E-state index contributed by atoms with van der Waals surface area (Å²) in [7, 11) is 0. The minimum Gasteiger partial charge on any atom is -0.492 e. The lowest BCUT2D eigenvalue weighted by atomic mass is 10.0. The van der Waals surface area contributed by atoms with Crippen molar-refractivity contribution in [1.29, 1.82) is 0 Å². The van der Waals surface area contributed by atoms with Crippen molar-refractivity contribution in [3.05, 3.63) is 66.2 Å². The van der Waals surface area contributed by atoms with Crippen LogP contribution in [0.25, 0.3) is 0 Å². The number of ether oxygens (including phenoxy) is 1. The van der Waals surface area contributed by atoms with Crippen LogP contribution in [0.15, 0.2) is 60.7 Å². The zero-order valence-corrected chi connectivity index (χ0v) is 11.5. The predicted molar refractivity (Wildman–Crippen MR) is 80.8 cm³/mol. The SMILES string of the molecule is OCCC(NCCOc1ccccc1)c1ccccc1. The molecule has 2 aromatic rings. The molecule has 2 N–H and O–H groups in total. The molecule has 0 amide bonds. The lowest BCUT2D eigenvalue weighted by Gasteiger charge is -2.18. The van der Waals surface area contributed by atoms with Gasteiger partial charge in [0.2, 0.25) is 0 Å². The minimum atomic E-state index is 0.167. The first kappa shape index (κ1) is 14.6. The third-order valence-corrected chi connectivity index (χ3v) is 3.12. The van der Waals surface area contributed by atoms with Crippen molar-refractivity contribution in [2.24, 2.45) is 0 Å². The Morgan fingerprint density at radius 2 is 1.60 bits per heavy atom. The van der Waals surface area contributed by atoms with E-state index in [9.17, 15) is 0 Å². The van der Waals surface area contributed by atoms with Crippen LogP contribution in [0.2, 0.25) is 0 Å². The maximum atomic E-state index is 9.16. The second-order valence-electron chi connectivity index (χ2n) is 4.59. The molecule has 0 radical (unpaired) electrons. The largest absolute Gasteiger partial charge is 0.492 e. The average molecular weight is 271 g/mol. The maximum Gasteiger partial charge on any atom is 0.119 e. The van der Waals surface area contributed by atoms with E-state index in [4.69, 9.17) is 9.84 Å². The van der Waals surface area contributed by atoms with Gasteiger partial charge in [-0.3, -0.25) is 0 Å². The van der Waals surface area contributed by atoms with Crippen LogP contribution in [0.5, 0.6) is 5.75 Å². The van der Waals surface area contributed by atoms with E-state index in [2.05, 4.69) is 17.4 Å². The minimum absolute atomic E-state index is 0.167. The molecule has 2 aromatic carbocycles. The summed E-state index contributed by atoms with van der Waals surface area (Å²) in [6, 6.07) is 20.1. The highest BCUT2D eigenvalue weighted by Crippen LogP contribution is 2.15. The number of rotatable bonds is 8. The van der Waals surface area contributed by atoms with Gasteiger partial charge in [-0.1, -0.05) is 48.5 Å². The van der Waals surface area contributed by atoms with Crippen molar-refractivity contribution in [1.82, 2.24) is 5.32 Å². The van der Waals surface area contributed by atoms with Gasteiger partial charge in [0.25, 0.3) is 0 Å². The molecule has 0 bridgehead atoms. The molecule has 0 saturated heterocycles. The van der Waals surface area contributed by atoms with Gasteiger partial charge >= 0.3 is 0 Å². The van der Waals surface area contributed by atoms with Crippen LogP contribution in [-0.4, -0.2) is 24.9 Å². The first-order chi connectivity index (χ1) is 9.90. The van der Waals surface area contributed by atoms with Crippen LogP contribution in [0.3, 0.4) is 0 Å². The second-order valence-corrected chi connectivity index (χ2v) is 4.59. The summed E-state index contributed by atoms with van der Waals surface area (Å²) in [6.07, 6.45) is 0.704. The molecule has 0 heterocycles. The number of benzene rings is 2. The molecule has 106 valence electrons. The van der Waals surface area contributed by atoms with Crippen molar-refractivity contribution < 1.29 is 9.84 Å². The maximum absolute atomic E-state index is 9.16. The summed E-state index contributed by atoms with van der Waals surface area (Å²) in [5.74, 6) is 0.882. The highest BCUT2D eigenvalue weighted by molar-refractivity contribution is 5.21. The van der Waals surface area contributed by atoms with E-state index in [0.29, 0.717) is 13.0 Å². The van der Waals surface area contributed by atoms with Gasteiger partial charge in [0.1, 0.15) is 12.4 Å². The fourth-order valence-electron chi connectivity index (χ4n) is 2.12. The molecule has 0 saturated carbocycles. The molecule has 3 heteroatoms. The van der Waals surface area contributed by atoms with Crippen molar-refractivity contribution in [3.63, 3.8) is 0 Å². The Bertz CT molecular complexity index is 473. The summed E-state index contributed by atoms with van der Waals surface area (Å²) in [6.45, 7) is 1.53. The molecule has 0 aromatic heterocycles. The van der Waals surface area contributed by atoms with Crippen molar-refractivity contribution in [2.75, 3.05) is 19.8 Å². The van der Waals surface area contributed by atoms with E-state index < -0.39 is 0 Å². The molecule has 0 aliphatic heterocycles. The van der Waals surface area contributed by atoms with E-state index in [-0.39, 0.29) is 12.6 Å². The Labute approximate surface area is 120 Å². The van der Waals surface area contributed by atoms with Crippen LogP contribution < -0.4 is 10.1 Å². The summed E-state index contributed by atoms with van der Waals surface area (Å²) >= 11 is 0. The standard InChI is InChI=1S/C17H21NO2/c19-13-11-17(15-7-3-1-4-8-15)18-12-14-20-16-9-5-2-6-10-16/h1-10,17-19H,11-14H2. The molecular weight excluding hydrogens is 250 g/mol. The Kier molecular flexibility index (Phi) is 6.08. The number of hydrogen-bond acceptors (Lipinski definition) is 3. The molecule has 1 unspecified atom stereocenters. The van der Waals surface area contributed by atoms with Crippen LogP contribution in [0, 0.1) is 0 Å². The molecular formula is C17H21NO2. The van der Waals surface area contributed by atoms with Gasteiger partial charge in [0.05, 0.1) is 0 Å². The number of aliphatic hydroxyl groups excluding tert-OH is 1. The van der Waals surface area contributed by atoms with E-state index in [1.54, 1.807) is 0 Å². The number of hydrogen-bond donors (Lipinski definition) is 2. The summed E-state index contributed by atoms with van der Waals surface area (Å²) in [4.78, 5) is 0. The zero-order valence-electron chi connectivity index (χ0n) is 11.5. The number of nitrogens with one attached hydrogen (secondary N) is 1. The highest BCUT2D eigenvalue weighted by Gasteiger charge is 2.09. The third kappa shape index (κ3) is 4.68. The van der Waals surface area contributed by atoms with Crippen LogP contribution in [-0.2, 0) is 0 Å². The second kappa shape index (κ2) is 8.35. The zero-order chi connectivity index (χ0) is 14.0. The smallest absolute Gasteiger partial charge is 0.119 e. The molecule has 1 atom stereocenters. The Balaban J connectivity index is 1.78. The van der Waals surface area contributed by atoms with Crippen LogP contribution in [0.1, 0.15) is 18.0 Å². The van der Waals surface area contributed by atoms with Gasteiger partial charge in [0, 0.05) is 19.2 Å². The monoisotopic (exact) mass is 271 g/mol. The van der Waals surface area contributed by atoms with E-state index in [1.165, 1.54) is 5.56 Å². The topological polar surface area (TPSA) is 41.5 Å². The lowest BCUT2D eigenvalue weighted by Crippen LogP contribution is -2.27. The van der Waals surface area contributed by atoms with Gasteiger partial charge in [0.15, 0.2) is 0 Å². The van der Waals surface area contributed by atoms with Crippen molar-refractivity contribution in [3.8, 4) is 5.75 Å². The van der Waals surface area contributed by atoms with E-state index >= 15 is 0 Å². The summed E-state index contributed by atoms with van der Waals surface area (Å²) < 4.78 is 5.65. The van der Waals surface area contributed by atoms with Crippen molar-refractivity contribution >= 4 is 0 Å². The van der Waals surface area contributed by atoms with E-state index in [0.717, 1.165) is 12.3 Å². The fourth-order valence-corrected chi connectivity index (χ4v) is 2.12. The molecule has 3 nitrogen and oxygen atoms in total. The van der Waals surface area contributed by atoms with Gasteiger partial charge in [-0.25, -0.2) is 0 Å². The molecule has 0 fully saturated rings. The lowest BCUT2D eigenvalue weighted by molar-refractivity contribution is 0.255. The van der Waals surface area contributed by atoms with Gasteiger partial charge in [-0.05, 0) is 24.1 Å². The Hall–Kier alpha value is -1.84. The first-order valence-electron chi connectivity index (χ1n) is 6.97. The molecule has 0 spiro atoms. The normalized spacial score (nSPS) is 12.1. The van der Waals surface area contributed by atoms with E-state index in [1.807, 2.05) is 48.5 Å². The fraction of sp³-hybridized carbons (Fsp3) is 0.294. The first-order valence-corrected chi connectivity index (χ1v) is 6.97. The average Bonchev–Trinajstić information content (AvgIpc) is 2.52. The quantitative estimate of drug-likeness (QED) is 0.725. The van der Waals surface area contributed by atoms with Crippen molar-refractivity contribution in [2.45, 2.75) is 12.5 Å².